The first-order chi connectivity index (χ1) is 27.3. The highest BCUT2D eigenvalue weighted by atomic mass is 79.9. The molecule has 6 aromatic carbocycles. The lowest BCUT2D eigenvalue weighted by molar-refractivity contribution is 0.590. The molecular weight excluding hydrogens is 904 g/mol. The smallest absolute Gasteiger partial charge is 0.0479 e. The van der Waals surface area contributed by atoms with Gasteiger partial charge >= 0.3 is 0 Å². The van der Waals surface area contributed by atoms with Gasteiger partial charge in [0.25, 0.3) is 0 Å². The summed E-state index contributed by atoms with van der Waals surface area (Å²) in [7, 11) is 0. The van der Waals surface area contributed by atoms with Gasteiger partial charge in [0.1, 0.15) is 0 Å². The van der Waals surface area contributed by atoms with Gasteiger partial charge in [0, 0.05) is 43.0 Å². The van der Waals surface area contributed by atoms with Crippen LogP contribution in [0.4, 0.5) is 28.4 Å². The van der Waals surface area contributed by atoms with Crippen molar-refractivity contribution in [3.05, 3.63) is 181 Å². The molecule has 0 aromatic heterocycles. The van der Waals surface area contributed by atoms with E-state index in [-0.39, 0.29) is 56.1 Å². The minimum Gasteiger partial charge on any atom is -2.00 e. The van der Waals surface area contributed by atoms with E-state index >= 15 is 0 Å². The van der Waals surface area contributed by atoms with Gasteiger partial charge in [-0.1, -0.05) is 178 Å². The van der Waals surface area contributed by atoms with E-state index in [2.05, 4.69) is 219 Å². The Morgan fingerprint density at radius 1 is 0.419 bits per heavy atom. The average molecular weight is 974 g/mol. The van der Waals surface area contributed by atoms with Crippen LogP contribution in [0, 0.1) is 13.8 Å². The van der Waals surface area contributed by atoms with Crippen LogP contribution in [0.15, 0.2) is 138 Å². The number of aryl methyl sites for hydroxylation is 2. The fraction of sp³-hybridized carbons (Fsp3) is 0.345. The topological polar surface area (TPSA) is 15.3 Å². The van der Waals surface area contributed by atoms with Gasteiger partial charge < -0.3 is 37.2 Å². The Morgan fingerprint density at radius 2 is 0.710 bits per heavy atom. The molecule has 0 aliphatic heterocycles. The van der Waals surface area contributed by atoms with Crippen LogP contribution in [0.1, 0.15) is 124 Å². The number of benzene rings is 6. The fourth-order valence-electron chi connectivity index (χ4n) is 6.48. The molecule has 0 bridgehead atoms. The normalized spacial score (nSPS) is 11.2. The molecule has 0 heterocycles. The van der Waals surface area contributed by atoms with E-state index in [0.717, 1.165) is 48.5 Å². The molecule has 0 aliphatic rings. The Balaban J connectivity index is 0.000000510. The summed E-state index contributed by atoms with van der Waals surface area (Å²) in [6.07, 6.45) is 0. The number of nitrogens with one attached hydrogen (secondary N) is 1. The molecule has 336 valence electrons. The van der Waals surface area contributed by atoms with Gasteiger partial charge in [0.05, 0.1) is 0 Å². The molecule has 0 unspecified atom stereocenters. The molecule has 6 rings (SSSR count). The molecule has 0 amide bonds. The van der Waals surface area contributed by atoms with Gasteiger partial charge in [-0.3, -0.25) is 0 Å². The van der Waals surface area contributed by atoms with E-state index in [9.17, 15) is 0 Å². The molecule has 0 radical (unpaired) electrons. The second kappa shape index (κ2) is 23.6. The van der Waals surface area contributed by atoms with Crippen LogP contribution in [-0.2, 0) is 48.7 Å². The van der Waals surface area contributed by atoms with Crippen LogP contribution >= 0.6 is 39.1 Å². The number of hydrogen-bond acceptors (Lipinski definition) is 3. The molecule has 62 heavy (non-hydrogen) atoms. The van der Waals surface area contributed by atoms with Crippen molar-refractivity contribution in [3.8, 4) is 0 Å². The molecule has 1 N–H and O–H groups in total. The third-order valence-electron chi connectivity index (χ3n) is 10.1. The average Bonchev–Trinajstić information content (AvgIpc) is 3.11. The van der Waals surface area contributed by atoms with E-state index < -0.39 is 0 Å². The molecule has 0 saturated carbocycles. The van der Waals surface area contributed by atoms with Crippen molar-refractivity contribution in [2.24, 2.45) is 0 Å². The molecular formula is C55H70BrCl2N2S2-3. The third-order valence-corrected chi connectivity index (χ3v) is 11.0. The minimum atomic E-state index is 0. The van der Waals surface area contributed by atoms with Crippen molar-refractivity contribution < 1.29 is 0 Å². The van der Waals surface area contributed by atoms with Gasteiger partial charge in [0.15, 0.2) is 0 Å². The van der Waals surface area contributed by atoms with Gasteiger partial charge in [-0.05, 0) is 154 Å². The van der Waals surface area contributed by atoms with E-state index in [0.29, 0.717) is 0 Å². The van der Waals surface area contributed by atoms with Crippen LogP contribution in [0.2, 0.25) is 10.0 Å². The number of nitrogens with zero attached hydrogens (tertiary/aromatic N) is 1. The lowest BCUT2D eigenvalue weighted by Crippen LogP contribution is -2.14. The highest BCUT2D eigenvalue weighted by Gasteiger charge is 2.19. The number of halogens is 3. The maximum Gasteiger partial charge on any atom is 0.0479 e. The first kappa shape index (κ1) is 56.7. The molecule has 0 atom stereocenters. The standard InChI is InChI=1S/C27H32ClN.C20H27N.C7H6BrCl.CH4.H2S.S/c1-19-16-22(28)18-25(17-19)29(23-12-8-20(9-13-23)26(2,3)4)24-14-10-21(11-15-24)27(5,6)7;1-19(2,3)15-7-11-17(12-8-15)21-18-13-9-16(10-14-18)20(4,5)6;1-5-2-6(8)4-7(9)3-5;;;/h8-18H,1-7H3;7-14,21H,1-6H3;2-4H,1H3;1H4;1H2;/q;;;;;-2/p-1. The summed E-state index contributed by atoms with van der Waals surface area (Å²) in [5.41, 5.74) is 13.9. The monoisotopic (exact) mass is 971 g/mol. The largest absolute Gasteiger partial charge is 2.00 e. The zero-order valence-electron chi connectivity index (χ0n) is 38.6. The van der Waals surface area contributed by atoms with Crippen molar-refractivity contribution in [2.45, 2.75) is 126 Å². The second-order valence-corrected chi connectivity index (χ2v) is 21.4. The van der Waals surface area contributed by atoms with Crippen molar-refractivity contribution in [1.82, 2.24) is 0 Å². The number of thiol groups is 1. The predicted octanol–water partition coefficient (Wildman–Crippen LogP) is 18.5. The van der Waals surface area contributed by atoms with Crippen LogP contribution in [-0.4, -0.2) is 0 Å². The molecule has 0 aliphatic carbocycles. The molecule has 2 nitrogen and oxygen atoms in total. The minimum absolute atomic E-state index is 0. The molecule has 0 fully saturated rings. The summed E-state index contributed by atoms with van der Waals surface area (Å²) in [4.78, 5) is 2.28. The van der Waals surface area contributed by atoms with Crippen molar-refractivity contribution in [1.29, 1.82) is 0 Å². The Bertz CT molecular complexity index is 2080. The van der Waals surface area contributed by atoms with Gasteiger partial charge in [-0.25, -0.2) is 0 Å². The summed E-state index contributed by atoms with van der Waals surface area (Å²) < 4.78 is 1.03. The first-order valence-electron chi connectivity index (χ1n) is 20.5. The van der Waals surface area contributed by atoms with E-state index in [4.69, 9.17) is 23.2 Å². The highest BCUT2D eigenvalue weighted by molar-refractivity contribution is 9.10. The van der Waals surface area contributed by atoms with Gasteiger partial charge in [0.2, 0.25) is 0 Å². The molecule has 6 aromatic rings. The second-order valence-electron chi connectivity index (χ2n) is 19.6. The predicted molar refractivity (Wildman–Crippen MR) is 289 cm³/mol. The molecule has 7 heteroatoms. The maximum atomic E-state index is 6.41. The third kappa shape index (κ3) is 17.3. The number of hydrogen-bond donors (Lipinski definition) is 1. The molecule has 0 saturated heterocycles. The summed E-state index contributed by atoms with van der Waals surface area (Å²) >= 11 is 15.5. The Kier molecular flexibility index (Phi) is 21.5. The quantitative estimate of drug-likeness (QED) is 0.137. The van der Waals surface area contributed by atoms with Gasteiger partial charge in [-0.15, -0.1) is 0 Å². The highest BCUT2D eigenvalue weighted by Crippen LogP contribution is 2.38. The van der Waals surface area contributed by atoms with E-state index in [1.54, 1.807) is 0 Å². The Hall–Kier alpha value is -3.32. The lowest BCUT2D eigenvalue weighted by atomic mass is 9.86. The summed E-state index contributed by atoms with van der Waals surface area (Å²) in [6, 6.07) is 47.1. The van der Waals surface area contributed by atoms with Crippen molar-refractivity contribution in [2.75, 3.05) is 10.2 Å². The van der Waals surface area contributed by atoms with E-state index in [1.165, 1.54) is 27.8 Å². The zero-order valence-corrected chi connectivity index (χ0v) is 43.4. The van der Waals surface area contributed by atoms with Crippen LogP contribution in [0.25, 0.3) is 0 Å². The summed E-state index contributed by atoms with van der Waals surface area (Å²) in [5, 5.41) is 4.99. The number of anilines is 5. The van der Waals surface area contributed by atoms with E-state index in [1.807, 2.05) is 37.3 Å². The van der Waals surface area contributed by atoms with Crippen LogP contribution in [0.3, 0.4) is 0 Å². The Labute approximate surface area is 409 Å². The summed E-state index contributed by atoms with van der Waals surface area (Å²) in [6.45, 7) is 31.0. The van der Waals surface area contributed by atoms with Gasteiger partial charge in [-0.2, -0.15) is 0 Å². The van der Waals surface area contributed by atoms with Crippen LogP contribution in [0.5, 0.6) is 0 Å². The fourth-order valence-corrected chi connectivity index (χ4v) is 7.79. The van der Waals surface area contributed by atoms with Crippen molar-refractivity contribution in [3.63, 3.8) is 0 Å². The lowest BCUT2D eigenvalue weighted by Gasteiger charge is -2.28. The maximum absolute atomic E-state index is 6.41. The zero-order chi connectivity index (χ0) is 43.9. The Morgan fingerprint density at radius 3 is 0.984 bits per heavy atom. The number of rotatable bonds is 5. The van der Waals surface area contributed by atoms with Crippen LogP contribution < -0.4 is 10.2 Å². The summed E-state index contributed by atoms with van der Waals surface area (Å²) in [5.74, 6) is 0. The molecule has 0 spiro atoms. The first-order valence-corrected chi connectivity index (χ1v) is 22.0. The SMILES string of the molecule is C.CC(C)(C)c1ccc(Nc2ccc(C(C)(C)C)cc2)cc1.Cc1cc(Cl)cc(Br)c1.Cc1cc(Cl)cc(N(c2ccc(C(C)(C)C)cc2)c2ccc(C(C)(C)C)cc2)c1.[S-2].[SH-]. The van der Waals surface area contributed by atoms with Crippen molar-refractivity contribution >= 4 is 94.6 Å².